The Morgan fingerprint density at radius 2 is 2.33 bits per heavy atom. The number of nitrogens with zero attached hydrogens (tertiary/aromatic N) is 3. The van der Waals surface area contributed by atoms with Gasteiger partial charge in [0.2, 0.25) is 0 Å². The lowest BCUT2D eigenvalue weighted by Crippen LogP contribution is -2.44. The second kappa shape index (κ2) is 6.99. The van der Waals surface area contributed by atoms with Gasteiger partial charge >= 0.3 is 0 Å². The van der Waals surface area contributed by atoms with Gasteiger partial charge in [0.15, 0.2) is 6.10 Å². The van der Waals surface area contributed by atoms with Crippen LogP contribution >= 0.6 is 11.3 Å². The molecule has 0 spiro atoms. The van der Waals surface area contributed by atoms with Crippen molar-refractivity contribution in [2.24, 2.45) is 0 Å². The molecule has 3 rings (SSSR count). The summed E-state index contributed by atoms with van der Waals surface area (Å²) in [7, 11) is 1.67. The summed E-state index contributed by atoms with van der Waals surface area (Å²) in [4.78, 5) is 18.3. The van der Waals surface area contributed by atoms with Gasteiger partial charge in [-0.3, -0.25) is 9.69 Å². The van der Waals surface area contributed by atoms with E-state index >= 15 is 0 Å². The molecule has 0 radical (unpaired) electrons. The standard InChI is InChI=1S/C17H17N3O3S/c1-11-17(21)20(7-6-18)14-9-12(3-4-15(14)23-11)13-10-24-16(19-13)5-8-22-2/h3-4,9-11H,5,7-8H2,1-2H3. The Hall–Kier alpha value is -2.43. The Balaban J connectivity index is 1.94. The van der Waals surface area contributed by atoms with Crippen molar-refractivity contribution in [1.82, 2.24) is 4.98 Å². The first-order valence-electron chi connectivity index (χ1n) is 7.56. The molecule has 6 nitrogen and oxygen atoms in total. The van der Waals surface area contributed by atoms with E-state index < -0.39 is 6.10 Å². The number of ether oxygens (including phenoxy) is 2. The summed E-state index contributed by atoms with van der Waals surface area (Å²) in [5.41, 5.74) is 2.35. The normalized spacial score (nSPS) is 16.5. The monoisotopic (exact) mass is 343 g/mol. The van der Waals surface area contributed by atoms with Crippen LogP contribution in [0.15, 0.2) is 23.6 Å². The number of methoxy groups -OCH3 is 1. The van der Waals surface area contributed by atoms with E-state index in [1.165, 1.54) is 4.90 Å². The van der Waals surface area contributed by atoms with Gasteiger partial charge in [-0.1, -0.05) is 0 Å². The number of nitriles is 1. The molecule has 2 aromatic rings. The molecule has 1 amide bonds. The second-order valence-electron chi connectivity index (χ2n) is 5.39. The van der Waals surface area contributed by atoms with Crippen LogP contribution in [-0.4, -0.2) is 37.3 Å². The third-order valence-electron chi connectivity index (χ3n) is 3.76. The number of fused-ring (bicyclic) bond motifs is 1. The fraction of sp³-hybridized carbons (Fsp3) is 0.353. The maximum Gasteiger partial charge on any atom is 0.268 e. The molecule has 0 N–H and O–H groups in total. The zero-order chi connectivity index (χ0) is 17.1. The molecule has 1 aliphatic rings. The van der Waals surface area contributed by atoms with E-state index in [9.17, 15) is 4.79 Å². The maximum absolute atomic E-state index is 12.3. The molecule has 1 unspecified atom stereocenters. The topological polar surface area (TPSA) is 75.5 Å². The maximum atomic E-state index is 12.3. The van der Waals surface area contributed by atoms with Gasteiger partial charge < -0.3 is 9.47 Å². The molecular formula is C17H17N3O3S. The fourth-order valence-corrected chi connectivity index (χ4v) is 3.34. The van der Waals surface area contributed by atoms with Gasteiger partial charge in [-0.2, -0.15) is 5.26 Å². The third kappa shape index (κ3) is 3.11. The number of hydrogen-bond donors (Lipinski definition) is 0. The van der Waals surface area contributed by atoms with Crippen LogP contribution in [-0.2, 0) is 16.0 Å². The first-order chi connectivity index (χ1) is 11.6. The Morgan fingerprint density at radius 3 is 3.08 bits per heavy atom. The highest BCUT2D eigenvalue weighted by atomic mass is 32.1. The number of thiazole rings is 1. The van der Waals surface area contributed by atoms with Gasteiger partial charge in [0.25, 0.3) is 5.91 Å². The first kappa shape index (κ1) is 16.4. The van der Waals surface area contributed by atoms with E-state index in [1.807, 2.05) is 29.6 Å². The number of aromatic nitrogens is 1. The van der Waals surface area contributed by atoms with Gasteiger partial charge in [0.05, 0.1) is 29.1 Å². The highest BCUT2D eigenvalue weighted by Gasteiger charge is 2.31. The average molecular weight is 343 g/mol. The smallest absolute Gasteiger partial charge is 0.268 e. The summed E-state index contributed by atoms with van der Waals surface area (Å²) in [6.45, 7) is 2.32. The highest BCUT2D eigenvalue weighted by Crippen LogP contribution is 2.37. The van der Waals surface area contributed by atoms with E-state index in [4.69, 9.17) is 14.7 Å². The molecule has 0 aliphatic carbocycles. The lowest BCUT2D eigenvalue weighted by molar-refractivity contribution is -0.125. The van der Waals surface area contributed by atoms with Gasteiger partial charge in [0.1, 0.15) is 12.3 Å². The average Bonchev–Trinajstić information content (AvgIpc) is 3.06. The van der Waals surface area contributed by atoms with E-state index in [0.29, 0.717) is 18.0 Å². The minimum absolute atomic E-state index is 0.000852. The third-order valence-corrected chi connectivity index (χ3v) is 4.67. The molecule has 1 aromatic heterocycles. The van der Waals surface area contributed by atoms with Crippen LogP contribution in [0.4, 0.5) is 5.69 Å². The summed E-state index contributed by atoms with van der Waals surface area (Å²) in [6.07, 6.45) is 0.183. The minimum atomic E-state index is -0.586. The summed E-state index contributed by atoms with van der Waals surface area (Å²) in [6, 6.07) is 7.63. The molecule has 0 saturated heterocycles. The Labute approximate surface area is 144 Å². The van der Waals surface area contributed by atoms with Gasteiger partial charge in [-0.25, -0.2) is 4.98 Å². The van der Waals surface area contributed by atoms with Crippen molar-refractivity contribution >= 4 is 22.9 Å². The quantitative estimate of drug-likeness (QED) is 0.780. The largest absolute Gasteiger partial charge is 0.479 e. The molecular weight excluding hydrogens is 326 g/mol. The summed E-state index contributed by atoms with van der Waals surface area (Å²) in [5, 5.41) is 12.0. The lowest BCUT2D eigenvalue weighted by Gasteiger charge is -2.31. The molecule has 0 bridgehead atoms. The predicted octanol–water partition coefficient (Wildman–Crippen LogP) is 2.64. The molecule has 1 atom stereocenters. The van der Waals surface area contributed by atoms with Gasteiger partial charge in [-0.05, 0) is 25.1 Å². The SMILES string of the molecule is COCCc1nc(-c2ccc3c(c2)N(CC#N)C(=O)C(C)O3)cs1. The van der Waals surface area contributed by atoms with Crippen LogP contribution in [0.2, 0.25) is 0 Å². The van der Waals surface area contributed by atoms with Crippen LogP contribution in [0.3, 0.4) is 0 Å². The van der Waals surface area contributed by atoms with Gasteiger partial charge in [0, 0.05) is 24.5 Å². The molecule has 7 heteroatoms. The van der Waals surface area contributed by atoms with Crippen molar-refractivity contribution in [1.29, 1.82) is 5.26 Å². The molecule has 1 aromatic carbocycles. The highest BCUT2D eigenvalue weighted by molar-refractivity contribution is 7.09. The van der Waals surface area contributed by atoms with Crippen molar-refractivity contribution in [3.8, 4) is 23.1 Å². The molecule has 1 aliphatic heterocycles. The van der Waals surface area contributed by atoms with Crippen LogP contribution in [0, 0.1) is 11.3 Å². The van der Waals surface area contributed by atoms with Crippen molar-refractivity contribution in [3.63, 3.8) is 0 Å². The van der Waals surface area contributed by atoms with Gasteiger partial charge in [-0.15, -0.1) is 11.3 Å². The molecule has 0 fully saturated rings. The first-order valence-corrected chi connectivity index (χ1v) is 8.44. The van der Waals surface area contributed by atoms with E-state index in [1.54, 1.807) is 25.4 Å². The number of rotatable bonds is 5. The number of carbonyl (C=O) groups is 1. The summed E-state index contributed by atoms with van der Waals surface area (Å²) >= 11 is 1.58. The number of carbonyl (C=O) groups excluding carboxylic acids is 1. The second-order valence-corrected chi connectivity index (χ2v) is 6.34. The van der Waals surface area contributed by atoms with E-state index in [0.717, 1.165) is 22.7 Å². The predicted molar refractivity (Wildman–Crippen MR) is 91.2 cm³/mol. The fourth-order valence-electron chi connectivity index (χ4n) is 2.55. The number of amides is 1. The zero-order valence-electron chi connectivity index (χ0n) is 13.5. The van der Waals surface area contributed by atoms with Crippen LogP contribution in [0.1, 0.15) is 11.9 Å². The summed E-state index contributed by atoms with van der Waals surface area (Å²) < 4.78 is 10.7. The van der Waals surface area contributed by atoms with E-state index in [-0.39, 0.29) is 12.5 Å². The van der Waals surface area contributed by atoms with Crippen molar-refractivity contribution in [3.05, 3.63) is 28.6 Å². The van der Waals surface area contributed by atoms with Crippen LogP contribution < -0.4 is 9.64 Å². The zero-order valence-corrected chi connectivity index (χ0v) is 14.3. The van der Waals surface area contributed by atoms with Crippen molar-refractivity contribution in [2.75, 3.05) is 25.2 Å². The number of anilines is 1. The van der Waals surface area contributed by atoms with Crippen LogP contribution in [0.5, 0.6) is 5.75 Å². The van der Waals surface area contributed by atoms with Crippen molar-refractivity contribution in [2.45, 2.75) is 19.4 Å². The Kier molecular flexibility index (Phi) is 4.79. The molecule has 0 saturated carbocycles. The number of hydrogen-bond acceptors (Lipinski definition) is 6. The molecule has 124 valence electrons. The Morgan fingerprint density at radius 1 is 1.50 bits per heavy atom. The van der Waals surface area contributed by atoms with E-state index in [2.05, 4.69) is 4.98 Å². The Bertz CT molecular complexity index is 797. The number of benzene rings is 1. The molecule has 24 heavy (non-hydrogen) atoms. The minimum Gasteiger partial charge on any atom is -0.479 e. The molecule has 2 heterocycles. The van der Waals surface area contributed by atoms with Crippen LogP contribution in [0.25, 0.3) is 11.3 Å². The lowest BCUT2D eigenvalue weighted by atomic mass is 10.1. The van der Waals surface area contributed by atoms with Crippen molar-refractivity contribution < 1.29 is 14.3 Å². The summed E-state index contributed by atoms with van der Waals surface area (Å²) in [5.74, 6) is 0.399.